The molecule has 0 aliphatic rings. The molecule has 0 spiro atoms. The van der Waals surface area contributed by atoms with Crippen LogP contribution in [-0.4, -0.2) is 9.97 Å². The highest BCUT2D eigenvalue weighted by Crippen LogP contribution is 2.53. The fourth-order valence-electron chi connectivity index (χ4n) is 8.21. The topological polar surface area (TPSA) is 59.9 Å². The van der Waals surface area contributed by atoms with Crippen molar-refractivity contribution in [2.75, 3.05) is 0 Å². The quantitative estimate of drug-likeness (QED) is 0.0907. The van der Waals surface area contributed by atoms with Crippen LogP contribution in [0.15, 0.2) is 248 Å². The molecule has 0 saturated heterocycles. The summed E-state index contributed by atoms with van der Waals surface area (Å²) in [4.78, 5) is 10.5. The lowest BCUT2D eigenvalue weighted by atomic mass is 10.1. The molecule has 0 amide bonds. The molecule has 1 unspecified atom stereocenters. The second-order valence-corrected chi connectivity index (χ2v) is 21.1. The lowest BCUT2D eigenvalue weighted by Gasteiger charge is -2.22. The van der Waals surface area contributed by atoms with E-state index in [4.69, 9.17) is 9.97 Å². The van der Waals surface area contributed by atoms with E-state index in [1.807, 2.05) is 208 Å². The first kappa shape index (κ1) is 42.1. The van der Waals surface area contributed by atoms with Gasteiger partial charge in [0.15, 0.2) is 14.3 Å². The third kappa shape index (κ3) is 8.47. The molecule has 9 aromatic rings. The molecule has 9 rings (SSSR count). The lowest BCUT2D eigenvalue weighted by Crippen LogP contribution is -2.27. The standard InChI is InChI=1S/C58H46N2O2P2/c1-3-51(39-43(2)44-21-8-4-9-22-44)63(61,52-32-16-29-48(40-52)45-23-10-5-11-24-45)57-37-19-35-55(59-57)56-36-20-38-58(60-56)64(62,53-33-17-30-49(41-53)46-25-12-6-13-26-46)54-34-18-31-50(42-54)47-27-14-7-15-28-47/h3-42H,1-2H3/b43-39+,51-3+. The van der Waals surface area contributed by atoms with Crippen LogP contribution in [0.3, 0.4) is 0 Å². The molecule has 0 radical (unpaired) electrons. The van der Waals surface area contributed by atoms with Crippen LogP contribution in [0.25, 0.3) is 50.3 Å². The minimum Gasteiger partial charge on any atom is -0.307 e. The van der Waals surface area contributed by atoms with Gasteiger partial charge in [0.25, 0.3) is 0 Å². The summed E-state index contributed by atoms with van der Waals surface area (Å²) < 4.78 is 32.7. The number of pyridine rings is 2. The fraction of sp³-hybridized carbons (Fsp3) is 0.0345. The van der Waals surface area contributed by atoms with Gasteiger partial charge < -0.3 is 9.13 Å². The van der Waals surface area contributed by atoms with Crippen molar-refractivity contribution < 1.29 is 9.13 Å². The Balaban J connectivity index is 1.20. The van der Waals surface area contributed by atoms with Gasteiger partial charge in [0.05, 0.1) is 11.4 Å². The number of hydrogen-bond donors (Lipinski definition) is 0. The predicted octanol–water partition coefficient (Wildman–Crippen LogP) is 13.1. The Hall–Kier alpha value is -7.22. The van der Waals surface area contributed by atoms with Crippen molar-refractivity contribution in [2.45, 2.75) is 13.8 Å². The summed E-state index contributed by atoms with van der Waals surface area (Å²) in [6.07, 6.45) is 3.97. The van der Waals surface area contributed by atoms with Crippen molar-refractivity contribution in [3.63, 3.8) is 0 Å². The summed E-state index contributed by atoms with van der Waals surface area (Å²) in [6, 6.07) is 75.8. The molecule has 0 bridgehead atoms. The first-order valence-corrected chi connectivity index (χ1v) is 24.8. The third-order valence-electron chi connectivity index (χ3n) is 11.6. The highest BCUT2D eigenvalue weighted by Gasteiger charge is 2.35. The van der Waals surface area contributed by atoms with Crippen molar-refractivity contribution in [1.82, 2.24) is 9.97 Å². The molecular formula is C58H46N2O2P2. The van der Waals surface area contributed by atoms with Crippen LogP contribution in [0.4, 0.5) is 0 Å². The first-order chi connectivity index (χ1) is 31.3. The van der Waals surface area contributed by atoms with Gasteiger partial charge in [0, 0.05) is 21.2 Å². The Morgan fingerprint density at radius 3 is 1.25 bits per heavy atom. The lowest BCUT2D eigenvalue weighted by molar-refractivity contribution is 0.590. The second kappa shape index (κ2) is 18.6. The molecule has 2 aromatic heterocycles. The highest BCUT2D eigenvalue weighted by molar-refractivity contribution is 7.85. The van der Waals surface area contributed by atoms with Crippen LogP contribution in [0, 0.1) is 0 Å². The summed E-state index contributed by atoms with van der Waals surface area (Å²) in [7, 11) is -7.24. The van der Waals surface area contributed by atoms with Crippen LogP contribution in [0.2, 0.25) is 0 Å². The number of rotatable bonds is 12. The number of allylic oxidation sites excluding steroid dienone is 4. The van der Waals surface area contributed by atoms with E-state index in [2.05, 4.69) is 48.5 Å². The van der Waals surface area contributed by atoms with Crippen molar-refractivity contribution >= 4 is 46.6 Å². The second-order valence-electron chi connectivity index (χ2n) is 15.6. The van der Waals surface area contributed by atoms with Crippen molar-refractivity contribution in [2.24, 2.45) is 0 Å². The number of aromatic nitrogens is 2. The SMILES string of the molecule is C/C=C(\C=C(/C)c1ccccc1)P(=O)(c1cccc(-c2ccccc2)c1)c1cccc(-c2cccc(P(=O)(c3cccc(-c4ccccc4)c3)c3cccc(-c4ccccc4)c3)n2)n1. The van der Waals surface area contributed by atoms with Gasteiger partial charge in [-0.2, -0.15) is 0 Å². The minimum absolute atomic E-state index is 0.432. The number of nitrogens with zero attached hydrogens (tertiary/aromatic N) is 2. The first-order valence-electron chi connectivity index (χ1n) is 21.4. The molecule has 0 fully saturated rings. The van der Waals surface area contributed by atoms with Crippen molar-refractivity contribution in [3.05, 3.63) is 254 Å². The van der Waals surface area contributed by atoms with E-state index in [1.165, 1.54) is 0 Å². The molecule has 2 heterocycles. The summed E-state index contributed by atoms with van der Waals surface area (Å²) in [6.45, 7) is 3.98. The van der Waals surface area contributed by atoms with Crippen LogP contribution >= 0.6 is 14.3 Å². The molecule has 0 aliphatic heterocycles. The van der Waals surface area contributed by atoms with Crippen LogP contribution in [-0.2, 0) is 9.13 Å². The molecule has 4 nitrogen and oxygen atoms in total. The summed E-state index contributed by atoms with van der Waals surface area (Å²) in [5.41, 5.74) is 9.94. The van der Waals surface area contributed by atoms with E-state index in [9.17, 15) is 0 Å². The normalized spacial score (nSPS) is 13.0. The van der Waals surface area contributed by atoms with E-state index >= 15 is 9.13 Å². The molecular weight excluding hydrogens is 819 g/mol. The summed E-state index contributed by atoms with van der Waals surface area (Å²) in [5.74, 6) is 0. The highest BCUT2D eigenvalue weighted by atomic mass is 31.2. The van der Waals surface area contributed by atoms with Crippen LogP contribution < -0.4 is 26.8 Å². The van der Waals surface area contributed by atoms with E-state index < -0.39 is 14.3 Å². The van der Waals surface area contributed by atoms with E-state index in [0.717, 1.165) is 44.5 Å². The van der Waals surface area contributed by atoms with Gasteiger partial charge in [-0.1, -0.05) is 194 Å². The number of benzene rings is 7. The molecule has 0 aliphatic carbocycles. The Morgan fingerprint density at radius 2 is 0.781 bits per heavy atom. The zero-order valence-electron chi connectivity index (χ0n) is 35.7. The van der Waals surface area contributed by atoms with Gasteiger partial charge in [0.2, 0.25) is 0 Å². The Morgan fingerprint density at radius 1 is 0.406 bits per heavy atom. The molecule has 0 saturated carbocycles. The Kier molecular flexibility index (Phi) is 12.3. The predicted molar refractivity (Wildman–Crippen MR) is 270 cm³/mol. The largest absolute Gasteiger partial charge is 0.307 e. The van der Waals surface area contributed by atoms with Crippen LogP contribution in [0.5, 0.6) is 0 Å². The van der Waals surface area contributed by atoms with Gasteiger partial charge in [0.1, 0.15) is 10.9 Å². The maximum absolute atomic E-state index is 16.3. The molecule has 6 heteroatoms. The van der Waals surface area contributed by atoms with Gasteiger partial charge in [-0.05, 0) is 107 Å². The van der Waals surface area contributed by atoms with Gasteiger partial charge in [-0.3, -0.25) is 0 Å². The van der Waals surface area contributed by atoms with Gasteiger partial charge in [-0.15, -0.1) is 0 Å². The average molecular weight is 865 g/mol. The zero-order chi connectivity index (χ0) is 43.9. The molecule has 1 atom stereocenters. The molecule has 0 N–H and O–H groups in total. The monoisotopic (exact) mass is 864 g/mol. The smallest absolute Gasteiger partial charge is 0.188 e. The van der Waals surface area contributed by atoms with Gasteiger partial charge >= 0.3 is 0 Å². The third-order valence-corrected chi connectivity index (χ3v) is 17.5. The molecule has 310 valence electrons. The van der Waals surface area contributed by atoms with E-state index in [0.29, 0.717) is 43.5 Å². The van der Waals surface area contributed by atoms with Crippen LogP contribution in [0.1, 0.15) is 19.4 Å². The summed E-state index contributed by atoms with van der Waals surface area (Å²) >= 11 is 0. The maximum Gasteiger partial charge on any atom is 0.188 e. The number of hydrogen-bond acceptors (Lipinski definition) is 4. The Labute approximate surface area is 376 Å². The zero-order valence-corrected chi connectivity index (χ0v) is 37.5. The van der Waals surface area contributed by atoms with E-state index in [-0.39, 0.29) is 0 Å². The Bertz CT molecular complexity index is 3150. The summed E-state index contributed by atoms with van der Waals surface area (Å²) in [5, 5.41) is 2.69. The minimum atomic E-state index is -3.62. The maximum atomic E-state index is 16.3. The van der Waals surface area contributed by atoms with Crippen molar-refractivity contribution in [1.29, 1.82) is 0 Å². The fourth-order valence-corrected chi connectivity index (χ4v) is 13.5. The molecule has 64 heavy (non-hydrogen) atoms. The van der Waals surface area contributed by atoms with Crippen molar-refractivity contribution in [3.8, 4) is 44.8 Å². The molecule has 7 aromatic carbocycles. The van der Waals surface area contributed by atoms with E-state index in [1.54, 1.807) is 0 Å². The van der Waals surface area contributed by atoms with Gasteiger partial charge in [-0.25, -0.2) is 9.97 Å². The average Bonchev–Trinajstić information content (AvgIpc) is 3.38.